The summed E-state index contributed by atoms with van der Waals surface area (Å²) in [5.74, 6) is 0.702. The second-order valence-electron chi connectivity index (χ2n) is 5.99. The van der Waals surface area contributed by atoms with Gasteiger partial charge in [-0.05, 0) is 54.2 Å². The molecule has 1 fully saturated rings. The van der Waals surface area contributed by atoms with Crippen molar-refractivity contribution < 1.29 is 0 Å². The Bertz CT molecular complexity index is 734. The molecule has 3 rings (SSSR count). The predicted octanol–water partition coefficient (Wildman–Crippen LogP) is 3.88. The minimum atomic E-state index is -0.0743. The average molecular weight is 350 g/mol. The number of halogens is 1. The van der Waals surface area contributed by atoms with E-state index in [1.165, 1.54) is 0 Å². The summed E-state index contributed by atoms with van der Waals surface area (Å²) >= 11 is 3.50. The summed E-state index contributed by atoms with van der Waals surface area (Å²) in [5.41, 5.74) is 0.720. The van der Waals surface area contributed by atoms with E-state index in [0.29, 0.717) is 11.3 Å². The van der Waals surface area contributed by atoms with Gasteiger partial charge in [0.1, 0.15) is 0 Å². The summed E-state index contributed by atoms with van der Waals surface area (Å²) in [4.78, 5) is 17.6. The summed E-state index contributed by atoms with van der Waals surface area (Å²) in [5, 5.41) is 4.03. The molecular weight excluding hydrogens is 330 g/mol. The van der Waals surface area contributed by atoms with E-state index in [0.717, 1.165) is 42.2 Å². The van der Waals surface area contributed by atoms with Crippen LogP contribution in [0.5, 0.6) is 0 Å². The first-order chi connectivity index (χ1) is 10.1. The van der Waals surface area contributed by atoms with Crippen molar-refractivity contribution in [3.8, 4) is 0 Å². The van der Waals surface area contributed by atoms with Gasteiger partial charge in [0.2, 0.25) is 5.95 Å². The van der Waals surface area contributed by atoms with Crippen LogP contribution >= 0.6 is 15.9 Å². The van der Waals surface area contributed by atoms with Crippen LogP contribution in [-0.2, 0) is 5.54 Å². The Kier molecular flexibility index (Phi) is 3.78. The molecule has 1 aliphatic rings. The quantitative estimate of drug-likeness (QED) is 0.833. The highest BCUT2D eigenvalue weighted by Gasteiger charge is 2.42. The average Bonchev–Trinajstić information content (AvgIpc) is 3.19. The number of benzene rings is 1. The molecule has 0 spiro atoms. The maximum absolute atomic E-state index is 12.9. The zero-order chi connectivity index (χ0) is 15.0. The largest absolute Gasteiger partial charge is 0.356 e. The molecule has 0 saturated heterocycles. The lowest BCUT2D eigenvalue weighted by Crippen LogP contribution is -2.32. The van der Waals surface area contributed by atoms with Crippen LogP contribution in [0.4, 0.5) is 5.95 Å². The van der Waals surface area contributed by atoms with Crippen LogP contribution in [0, 0.1) is 0 Å². The summed E-state index contributed by atoms with van der Waals surface area (Å²) in [6.07, 6.45) is 4.26. The maximum Gasteiger partial charge on any atom is 0.263 e. The number of rotatable bonds is 5. The molecule has 1 N–H and O–H groups in total. The highest BCUT2D eigenvalue weighted by atomic mass is 79.9. The molecule has 2 aromatic rings. The minimum absolute atomic E-state index is 0.0558. The minimum Gasteiger partial charge on any atom is -0.356 e. The first-order valence-corrected chi connectivity index (χ1v) is 8.32. The summed E-state index contributed by atoms with van der Waals surface area (Å²) in [6.45, 7) is 5.13. The number of nitrogens with one attached hydrogen (secondary N) is 1. The maximum atomic E-state index is 12.9. The highest BCUT2D eigenvalue weighted by Crippen LogP contribution is 2.43. The van der Waals surface area contributed by atoms with E-state index in [9.17, 15) is 4.79 Å². The van der Waals surface area contributed by atoms with E-state index < -0.39 is 0 Å². The molecule has 4 nitrogen and oxygen atoms in total. The molecule has 0 unspecified atom stereocenters. The van der Waals surface area contributed by atoms with E-state index in [2.05, 4.69) is 35.1 Å². The summed E-state index contributed by atoms with van der Waals surface area (Å²) in [7, 11) is 0. The molecule has 1 aromatic carbocycles. The van der Waals surface area contributed by atoms with Crippen LogP contribution < -0.4 is 10.9 Å². The molecule has 0 aliphatic heterocycles. The Morgan fingerprint density at radius 2 is 2.19 bits per heavy atom. The molecule has 0 atom stereocenters. The topological polar surface area (TPSA) is 46.9 Å². The van der Waals surface area contributed by atoms with Gasteiger partial charge in [0.25, 0.3) is 5.56 Å². The molecule has 0 amide bonds. The number of unbranched alkanes of at least 4 members (excludes halogenated alkanes) is 1. The molecule has 1 saturated carbocycles. The van der Waals surface area contributed by atoms with Gasteiger partial charge < -0.3 is 5.32 Å². The van der Waals surface area contributed by atoms with E-state index in [1.807, 2.05) is 22.8 Å². The smallest absolute Gasteiger partial charge is 0.263 e. The summed E-state index contributed by atoms with van der Waals surface area (Å²) < 4.78 is 2.72. The van der Waals surface area contributed by atoms with Crippen LogP contribution in [0.25, 0.3) is 10.9 Å². The lowest BCUT2D eigenvalue weighted by Gasteiger charge is -2.20. The number of hydrogen-bond acceptors (Lipinski definition) is 3. The third-order valence-electron chi connectivity index (χ3n) is 4.18. The van der Waals surface area contributed by atoms with Crippen molar-refractivity contribution in [3.05, 3.63) is 33.0 Å². The second-order valence-corrected chi connectivity index (χ2v) is 6.84. The predicted molar refractivity (Wildman–Crippen MR) is 90.0 cm³/mol. The standard InChI is InChI=1S/C16H20BrN3O/c1-3-4-10-18-15-19-13-11(6-5-7-12(13)17)14(21)20(15)16(2)8-9-16/h5-7H,3-4,8-10H2,1-2H3,(H,18,19). The van der Waals surface area contributed by atoms with E-state index in [1.54, 1.807) is 0 Å². The van der Waals surface area contributed by atoms with Crippen molar-refractivity contribution in [2.45, 2.75) is 45.1 Å². The fourth-order valence-electron chi connectivity index (χ4n) is 2.57. The first kappa shape index (κ1) is 14.6. The monoisotopic (exact) mass is 349 g/mol. The van der Waals surface area contributed by atoms with Gasteiger partial charge in [-0.3, -0.25) is 9.36 Å². The Morgan fingerprint density at radius 1 is 1.43 bits per heavy atom. The van der Waals surface area contributed by atoms with Gasteiger partial charge in [0.15, 0.2) is 0 Å². The third kappa shape index (κ3) is 2.59. The van der Waals surface area contributed by atoms with Crippen LogP contribution in [0.15, 0.2) is 27.5 Å². The van der Waals surface area contributed by atoms with Crippen molar-refractivity contribution in [1.82, 2.24) is 9.55 Å². The number of anilines is 1. The van der Waals surface area contributed by atoms with Crippen LogP contribution in [0.2, 0.25) is 0 Å². The van der Waals surface area contributed by atoms with E-state index >= 15 is 0 Å². The molecular formula is C16H20BrN3O. The van der Waals surface area contributed by atoms with Crippen LogP contribution in [0.3, 0.4) is 0 Å². The lowest BCUT2D eigenvalue weighted by molar-refractivity contribution is 0.515. The number of aromatic nitrogens is 2. The molecule has 0 radical (unpaired) electrons. The molecule has 1 aromatic heterocycles. The summed E-state index contributed by atoms with van der Waals surface area (Å²) in [6, 6.07) is 5.67. The van der Waals surface area contributed by atoms with Gasteiger partial charge in [-0.1, -0.05) is 19.4 Å². The lowest BCUT2D eigenvalue weighted by atomic mass is 10.2. The second kappa shape index (κ2) is 5.44. The Morgan fingerprint density at radius 3 is 2.86 bits per heavy atom. The number of fused-ring (bicyclic) bond motifs is 1. The number of para-hydroxylation sites is 1. The zero-order valence-electron chi connectivity index (χ0n) is 12.4. The first-order valence-electron chi connectivity index (χ1n) is 7.52. The number of hydrogen-bond donors (Lipinski definition) is 1. The molecule has 21 heavy (non-hydrogen) atoms. The van der Waals surface area contributed by atoms with Crippen LogP contribution in [-0.4, -0.2) is 16.1 Å². The molecule has 1 heterocycles. The highest BCUT2D eigenvalue weighted by molar-refractivity contribution is 9.10. The van der Waals surface area contributed by atoms with Crippen molar-refractivity contribution in [3.63, 3.8) is 0 Å². The van der Waals surface area contributed by atoms with Gasteiger partial charge >= 0.3 is 0 Å². The third-order valence-corrected chi connectivity index (χ3v) is 4.82. The molecule has 112 valence electrons. The molecule has 5 heteroatoms. The van der Waals surface area contributed by atoms with E-state index in [4.69, 9.17) is 4.98 Å². The van der Waals surface area contributed by atoms with Crippen molar-refractivity contribution in [1.29, 1.82) is 0 Å². The van der Waals surface area contributed by atoms with Gasteiger partial charge in [0.05, 0.1) is 10.9 Å². The van der Waals surface area contributed by atoms with Crippen molar-refractivity contribution in [2.24, 2.45) is 0 Å². The fourth-order valence-corrected chi connectivity index (χ4v) is 3.03. The van der Waals surface area contributed by atoms with Crippen molar-refractivity contribution in [2.75, 3.05) is 11.9 Å². The Hall–Kier alpha value is -1.36. The Labute approximate surface area is 132 Å². The van der Waals surface area contributed by atoms with Gasteiger partial charge in [-0.25, -0.2) is 4.98 Å². The van der Waals surface area contributed by atoms with Gasteiger partial charge in [0, 0.05) is 16.6 Å². The van der Waals surface area contributed by atoms with Crippen LogP contribution in [0.1, 0.15) is 39.5 Å². The molecule has 0 bridgehead atoms. The SMILES string of the molecule is CCCCNc1nc2c(Br)cccc2c(=O)n1C1(C)CC1. The van der Waals surface area contributed by atoms with Crippen molar-refractivity contribution >= 4 is 32.8 Å². The number of nitrogens with zero attached hydrogens (tertiary/aromatic N) is 2. The van der Waals surface area contributed by atoms with E-state index in [-0.39, 0.29) is 11.1 Å². The fraction of sp³-hybridized carbons (Fsp3) is 0.500. The van der Waals surface area contributed by atoms with Gasteiger partial charge in [-0.15, -0.1) is 0 Å². The normalized spacial score (nSPS) is 16.1. The Balaban J connectivity index is 2.18. The van der Waals surface area contributed by atoms with Gasteiger partial charge in [-0.2, -0.15) is 0 Å². The zero-order valence-corrected chi connectivity index (χ0v) is 14.0. The molecule has 1 aliphatic carbocycles.